The van der Waals surface area contributed by atoms with Crippen LogP contribution in [-0.2, 0) is 9.53 Å². The lowest BCUT2D eigenvalue weighted by molar-refractivity contribution is -0.134. The summed E-state index contributed by atoms with van der Waals surface area (Å²) in [5.74, 6) is -0.0833. The Kier molecular flexibility index (Phi) is 4.93. The second-order valence-electron chi connectivity index (χ2n) is 6.75. The molecule has 0 atom stereocenters. The second kappa shape index (κ2) is 6.96. The Balaban J connectivity index is 1.54. The van der Waals surface area contributed by atoms with Gasteiger partial charge in [0.1, 0.15) is 5.54 Å². The van der Waals surface area contributed by atoms with E-state index in [1.165, 1.54) is 4.90 Å². The normalized spacial score (nSPS) is 24.4. The van der Waals surface area contributed by atoms with Crippen LogP contribution in [0.2, 0.25) is 0 Å². The van der Waals surface area contributed by atoms with Crippen molar-refractivity contribution in [1.82, 2.24) is 20.0 Å². The minimum Gasteiger partial charge on any atom is -0.450 e. The van der Waals surface area contributed by atoms with Crippen LogP contribution in [0.15, 0.2) is 0 Å². The van der Waals surface area contributed by atoms with Crippen molar-refractivity contribution >= 4 is 18.0 Å². The third kappa shape index (κ3) is 3.19. The van der Waals surface area contributed by atoms with E-state index in [4.69, 9.17) is 4.74 Å². The highest BCUT2D eigenvalue weighted by Gasteiger charge is 2.51. The summed E-state index contributed by atoms with van der Waals surface area (Å²) < 4.78 is 5.00. The number of carbonyl (C=O) groups is 3. The van der Waals surface area contributed by atoms with E-state index in [0.29, 0.717) is 39.5 Å². The van der Waals surface area contributed by atoms with E-state index in [2.05, 4.69) is 5.32 Å². The van der Waals surface area contributed by atoms with Crippen LogP contribution in [0.25, 0.3) is 0 Å². The zero-order valence-corrected chi connectivity index (χ0v) is 14.3. The van der Waals surface area contributed by atoms with Crippen molar-refractivity contribution in [1.29, 1.82) is 0 Å². The Bertz CT molecular complexity index is 510. The summed E-state index contributed by atoms with van der Waals surface area (Å²) in [7, 11) is 0. The molecule has 8 heteroatoms. The minimum absolute atomic E-state index is 0.0833. The molecule has 24 heavy (non-hydrogen) atoms. The van der Waals surface area contributed by atoms with Crippen molar-refractivity contribution in [2.45, 2.75) is 44.6 Å². The van der Waals surface area contributed by atoms with Crippen LogP contribution in [0.1, 0.15) is 39.0 Å². The molecular formula is C16H26N4O4. The molecule has 3 fully saturated rings. The second-order valence-corrected chi connectivity index (χ2v) is 6.75. The molecule has 0 bridgehead atoms. The SMILES string of the molecule is CCOC(=O)N1CCN(CN2C(=O)NC3(CCCCC3)C2=O)CC1. The maximum atomic E-state index is 12.8. The fourth-order valence-electron chi connectivity index (χ4n) is 3.79. The van der Waals surface area contributed by atoms with Gasteiger partial charge in [0, 0.05) is 26.2 Å². The topological polar surface area (TPSA) is 82.2 Å². The number of hydrogen-bond acceptors (Lipinski definition) is 5. The molecule has 0 unspecified atom stereocenters. The zero-order valence-electron chi connectivity index (χ0n) is 14.3. The molecule has 2 aliphatic heterocycles. The van der Waals surface area contributed by atoms with Gasteiger partial charge in [-0.15, -0.1) is 0 Å². The van der Waals surface area contributed by atoms with Crippen LogP contribution in [0.5, 0.6) is 0 Å². The predicted molar refractivity (Wildman–Crippen MR) is 86.2 cm³/mol. The molecule has 3 aliphatic rings. The highest BCUT2D eigenvalue weighted by molar-refractivity contribution is 6.07. The number of rotatable bonds is 3. The van der Waals surface area contributed by atoms with Gasteiger partial charge in [-0.1, -0.05) is 19.3 Å². The van der Waals surface area contributed by atoms with Gasteiger partial charge in [-0.3, -0.25) is 9.69 Å². The number of imide groups is 1. The summed E-state index contributed by atoms with van der Waals surface area (Å²) in [5.41, 5.74) is -0.665. The van der Waals surface area contributed by atoms with Gasteiger partial charge < -0.3 is 15.0 Å². The van der Waals surface area contributed by atoms with Crippen molar-refractivity contribution in [2.24, 2.45) is 0 Å². The molecule has 0 aromatic rings. The van der Waals surface area contributed by atoms with Gasteiger partial charge >= 0.3 is 12.1 Å². The third-order valence-electron chi connectivity index (χ3n) is 5.19. The summed E-state index contributed by atoms with van der Waals surface area (Å²) in [6.45, 7) is 4.80. The molecule has 4 amide bonds. The number of nitrogens with one attached hydrogen (secondary N) is 1. The average molecular weight is 338 g/mol. The maximum absolute atomic E-state index is 12.8. The number of hydrogen-bond donors (Lipinski definition) is 1. The lowest BCUT2D eigenvalue weighted by Gasteiger charge is -2.35. The maximum Gasteiger partial charge on any atom is 0.409 e. The molecule has 134 valence electrons. The number of amides is 4. The molecule has 3 rings (SSSR count). The molecule has 2 heterocycles. The van der Waals surface area contributed by atoms with Gasteiger partial charge in [0.25, 0.3) is 5.91 Å². The summed E-state index contributed by atoms with van der Waals surface area (Å²) in [6, 6.07) is -0.283. The lowest BCUT2D eigenvalue weighted by Crippen LogP contribution is -2.53. The smallest absolute Gasteiger partial charge is 0.409 e. The Hall–Kier alpha value is -1.83. The summed E-state index contributed by atoms with van der Waals surface area (Å²) >= 11 is 0. The average Bonchev–Trinajstić information content (AvgIpc) is 2.80. The monoisotopic (exact) mass is 338 g/mol. The van der Waals surface area contributed by atoms with E-state index in [0.717, 1.165) is 32.1 Å². The van der Waals surface area contributed by atoms with Crippen molar-refractivity contribution in [3.05, 3.63) is 0 Å². The molecular weight excluding hydrogens is 312 g/mol. The molecule has 1 N–H and O–H groups in total. The van der Waals surface area contributed by atoms with E-state index in [9.17, 15) is 14.4 Å². The fourth-order valence-corrected chi connectivity index (χ4v) is 3.79. The van der Waals surface area contributed by atoms with E-state index in [1.807, 2.05) is 4.90 Å². The van der Waals surface area contributed by atoms with Gasteiger partial charge in [-0.2, -0.15) is 0 Å². The molecule has 2 saturated heterocycles. The van der Waals surface area contributed by atoms with Gasteiger partial charge in [-0.05, 0) is 19.8 Å². The van der Waals surface area contributed by atoms with Crippen molar-refractivity contribution < 1.29 is 19.1 Å². The number of carbonyl (C=O) groups excluding carboxylic acids is 3. The molecule has 0 aromatic carbocycles. The molecule has 8 nitrogen and oxygen atoms in total. The van der Waals surface area contributed by atoms with Crippen molar-refractivity contribution in [3.8, 4) is 0 Å². The highest BCUT2D eigenvalue weighted by Crippen LogP contribution is 2.33. The van der Waals surface area contributed by atoms with Gasteiger partial charge in [0.2, 0.25) is 0 Å². The lowest BCUT2D eigenvalue weighted by atomic mass is 9.82. The number of urea groups is 1. The largest absolute Gasteiger partial charge is 0.450 e. The van der Waals surface area contributed by atoms with Crippen LogP contribution in [0, 0.1) is 0 Å². The van der Waals surface area contributed by atoms with E-state index < -0.39 is 5.54 Å². The van der Waals surface area contributed by atoms with Crippen molar-refractivity contribution in [2.75, 3.05) is 39.5 Å². The summed E-state index contributed by atoms with van der Waals surface area (Å²) in [5, 5.41) is 2.93. The van der Waals surface area contributed by atoms with Crippen LogP contribution >= 0.6 is 0 Å². The van der Waals surface area contributed by atoms with E-state index in [1.54, 1.807) is 11.8 Å². The Morgan fingerprint density at radius 3 is 2.42 bits per heavy atom. The third-order valence-corrected chi connectivity index (χ3v) is 5.19. The van der Waals surface area contributed by atoms with Gasteiger partial charge in [0.15, 0.2) is 0 Å². The Labute approximate surface area is 142 Å². The van der Waals surface area contributed by atoms with Gasteiger partial charge in [-0.25, -0.2) is 14.5 Å². The van der Waals surface area contributed by atoms with Crippen LogP contribution in [0.4, 0.5) is 9.59 Å². The van der Waals surface area contributed by atoms with Crippen LogP contribution < -0.4 is 5.32 Å². The fraction of sp³-hybridized carbons (Fsp3) is 0.812. The minimum atomic E-state index is -0.665. The summed E-state index contributed by atoms with van der Waals surface area (Å²) in [4.78, 5) is 41.8. The first-order valence-corrected chi connectivity index (χ1v) is 8.84. The highest BCUT2D eigenvalue weighted by atomic mass is 16.6. The number of nitrogens with zero attached hydrogens (tertiary/aromatic N) is 3. The Morgan fingerprint density at radius 2 is 1.79 bits per heavy atom. The van der Waals surface area contributed by atoms with Crippen LogP contribution in [-0.4, -0.2) is 77.7 Å². The predicted octanol–water partition coefficient (Wildman–Crippen LogP) is 0.973. The number of ether oxygens (including phenoxy) is 1. The molecule has 0 aromatic heterocycles. The molecule has 1 spiro atoms. The van der Waals surface area contributed by atoms with Gasteiger partial charge in [0.05, 0.1) is 13.3 Å². The zero-order chi connectivity index (χ0) is 17.2. The first kappa shape index (κ1) is 17.0. The van der Waals surface area contributed by atoms with Crippen LogP contribution in [0.3, 0.4) is 0 Å². The quantitative estimate of drug-likeness (QED) is 0.776. The van der Waals surface area contributed by atoms with Crippen molar-refractivity contribution in [3.63, 3.8) is 0 Å². The number of piperazine rings is 1. The van der Waals surface area contributed by atoms with E-state index in [-0.39, 0.29) is 18.0 Å². The molecule has 1 saturated carbocycles. The summed E-state index contributed by atoms with van der Waals surface area (Å²) in [6.07, 6.45) is 4.28. The Morgan fingerprint density at radius 1 is 1.12 bits per heavy atom. The first-order chi connectivity index (χ1) is 11.6. The van der Waals surface area contributed by atoms with E-state index >= 15 is 0 Å². The molecule has 1 aliphatic carbocycles. The molecule has 0 radical (unpaired) electrons. The first-order valence-electron chi connectivity index (χ1n) is 8.84. The standard InChI is InChI=1S/C16H26N4O4/c1-2-24-15(23)19-10-8-18(9-11-19)12-20-13(21)16(17-14(20)22)6-4-3-5-7-16/h2-12H2,1H3,(H,17,22).